The van der Waals surface area contributed by atoms with Crippen LogP contribution >= 0.6 is 36.2 Å². The number of nitrogens with two attached hydrogens (primary N) is 1. The maximum absolute atomic E-state index is 12.5. The van der Waals surface area contributed by atoms with E-state index < -0.39 is 5.54 Å². The van der Waals surface area contributed by atoms with Crippen LogP contribution < -0.4 is 11.1 Å². The molecule has 1 aliphatic heterocycles. The van der Waals surface area contributed by atoms with Crippen LogP contribution in [-0.2, 0) is 4.79 Å². The average Bonchev–Trinajstić information content (AvgIpc) is 3.21. The second kappa shape index (κ2) is 10.1. The standard InChI is InChI=1S/C18H29N3OS.2ClH/c1-14-6-10-21(11-7-14)15(16-5-4-12-23-16)13-20-17(22)18(19)8-2-3-9-18;;/h4-5,12,14-15H,2-3,6-11,13,19H2,1H3,(H,20,22);2*1H. The van der Waals surface area contributed by atoms with Crippen molar-refractivity contribution in [1.82, 2.24) is 10.2 Å². The fourth-order valence-electron chi connectivity index (χ4n) is 3.83. The van der Waals surface area contributed by atoms with E-state index in [-0.39, 0.29) is 36.8 Å². The molecule has 25 heavy (non-hydrogen) atoms. The molecule has 0 spiro atoms. The summed E-state index contributed by atoms with van der Waals surface area (Å²) in [5.41, 5.74) is 5.65. The zero-order valence-corrected chi connectivity index (χ0v) is 17.4. The van der Waals surface area contributed by atoms with Gasteiger partial charge in [0.2, 0.25) is 5.91 Å². The first-order chi connectivity index (χ1) is 11.1. The van der Waals surface area contributed by atoms with E-state index in [1.807, 2.05) is 0 Å². The van der Waals surface area contributed by atoms with Crippen molar-refractivity contribution in [3.8, 4) is 0 Å². The highest BCUT2D eigenvalue weighted by atomic mass is 35.5. The van der Waals surface area contributed by atoms with Gasteiger partial charge in [0.25, 0.3) is 0 Å². The van der Waals surface area contributed by atoms with Crippen LogP contribution in [0.15, 0.2) is 17.5 Å². The number of carbonyl (C=O) groups excluding carboxylic acids is 1. The van der Waals surface area contributed by atoms with Crippen LogP contribution in [0.2, 0.25) is 0 Å². The summed E-state index contributed by atoms with van der Waals surface area (Å²) < 4.78 is 0. The van der Waals surface area contributed by atoms with E-state index in [0.29, 0.717) is 6.54 Å². The van der Waals surface area contributed by atoms with E-state index in [0.717, 1.165) is 44.7 Å². The van der Waals surface area contributed by atoms with Crippen molar-refractivity contribution < 1.29 is 4.79 Å². The van der Waals surface area contributed by atoms with Gasteiger partial charge in [0.1, 0.15) is 0 Å². The van der Waals surface area contributed by atoms with Gasteiger partial charge in [-0.15, -0.1) is 36.2 Å². The molecule has 0 bridgehead atoms. The molecule has 1 unspecified atom stereocenters. The molecule has 2 fully saturated rings. The molecule has 1 aromatic rings. The molecular formula is C18H31Cl2N3OS. The number of likely N-dealkylation sites (tertiary alicyclic amines) is 1. The Balaban J connectivity index is 0.00000156. The number of piperidine rings is 1. The Morgan fingerprint density at radius 3 is 2.56 bits per heavy atom. The van der Waals surface area contributed by atoms with Crippen LogP contribution in [0.4, 0.5) is 0 Å². The molecule has 0 aromatic carbocycles. The number of halogens is 2. The van der Waals surface area contributed by atoms with E-state index in [4.69, 9.17) is 5.73 Å². The van der Waals surface area contributed by atoms with Crippen molar-refractivity contribution in [1.29, 1.82) is 0 Å². The quantitative estimate of drug-likeness (QED) is 0.780. The first kappa shape index (κ1) is 22.7. The zero-order valence-electron chi connectivity index (χ0n) is 14.9. The van der Waals surface area contributed by atoms with E-state index in [1.165, 1.54) is 17.7 Å². The number of nitrogens with zero attached hydrogens (tertiary/aromatic N) is 1. The summed E-state index contributed by atoms with van der Waals surface area (Å²) in [4.78, 5) is 16.4. The minimum absolute atomic E-state index is 0. The molecule has 2 heterocycles. The van der Waals surface area contributed by atoms with Crippen molar-refractivity contribution in [3.63, 3.8) is 0 Å². The summed E-state index contributed by atoms with van der Waals surface area (Å²) in [5.74, 6) is 0.859. The second-order valence-electron chi connectivity index (χ2n) is 7.32. The van der Waals surface area contributed by atoms with E-state index in [2.05, 4.69) is 34.7 Å². The Hall–Kier alpha value is -0.330. The van der Waals surface area contributed by atoms with Crippen LogP contribution in [0, 0.1) is 5.92 Å². The molecule has 3 N–H and O–H groups in total. The average molecular weight is 408 g/mol. The van der Waals surface area contributed by atoms with Crippen LogP contribution in [0.5, 0.6) is 0 Å². The van der Waals surface area contributed by atoms with Crippen LogP contribution in [0.25, 0.3) is 0 Å². The Morgan fingerprint density at radius 1 is 1.36 bits per heavy atom. The summed E-state index contributed by atoms with van der Waals surface area (Å²) in [6.45, 7) is 5.24. The number of carbonyl (C=O) groups is 1. The van der Waals surface area contributed by atoms with Crippen molar-refractivity contribution in [2.24, 2.45) is 11.7 Å². The van der Waals surface area contributed by atoms with E-state index >= 15 is 0 Å². The van der Waals surface area contributed by atoms with Gasteiger partial charge in [-0.1, -0.05) is 25.8 Å². The highest BCUT2D eigenvalue weighted by molar-refractivity contribution is 7.10. The highest BCUT2D eigenvalue weighted by Crippen LogP contribution is 2.30. The SMILES string of the molecule is CC1CCN(C(CNC(=O)C2(N)CCCC2)c2cccs2)CC1.Cl.Cl. The van der Waals surface area contributed by atoms with Crippen LogP contribution in [-0.4, -0.2) is 36.0 Å². The summed E-state index contributed by atoms with van der Waals surface area (Å²) in [5, 5.41) is 5.29. The monoisotopic (exact) mass is 407 g/mol. The van der Waals surface area contributed by atoms with Crippen molar-refractivity contribution in [3.05, 3.63) is 22.4 Å². The molecule has 1 amide bonds. The molecule has 1 saturated heterocycles. The van der Waals surface area contributed by atoms with Crippen molar-refractivity contribution in [2.75, 3.05) is 19.6 Å². The molecule has 4 nitrogen and oxygen atoms in total. The predicted molar refractivity (Wildman–Crippen MR) is 110 cm³/mol. The molecule has 144 valence electrons. The third kappa shape index (κ3) is 5.57. The number of amides is 1. The minimum atomic E-state index is -0.629. The number of rotatable bonds is 5. The van der Waals surface area contributed by atoms with Crippen LogP contribution in [0.1, 0.15) is 56.4 Å². The number of hydrogen-bond donors (Lipinski definition) is 2. The summed E-state index contributed by atoms with van der Waals surface area (Å²) in [7, 11) is 0. The molecule has 7 heteroatoms. The Labute approximate surface area is 167 Å². The molecule has 2 aliphatic rings. The second-order valence-corrected chi connectivity index (χ2v) is 8.30. The molecule has 1 aromatic heterocycles. The summed E-state index contributed by atoms with van der Waals surface area (Å²) in [6, 6.07) is 4.58. The third-order valence-electron chi connectivity index (χ3n) is 5.53. The highest BCUT2D eigenvalue weighted by Gasteiger charge is 2.37. The number of nitrogens with one attached hydrogen (secondary N) is 1. The topological polar surface area (TPSA) is 58.4 Å². The molecule has 0 radical (unpaired) electrons. The lowest BCUT2D eigenvalue weighted by Crippen LogP contribution is -2.53. The van der Waals surface area contributed by atoms with Gasteiger partial charge in [0.05, 0.1) is 11.6 Å². The largest absolute Gasteiger partial charge is 0.353 e. The first-order valence-electron chi connectivity index (χ1n) is 8.93. The maximum Gasteiger partial charge on any atom is 0.240 e. The van der Waals surface area contributed by atoms with Crippen molar-refractivity contribution >= 4 is 42.1 Å². The van der Waals surface area contributed by atoms with Crippen molar-refractivity contribution in [2.45, 2.75) is 57.0 Å². The van der Waals surface area contributed by atoms with Gasteiger partial charge >= 0.3 is 0 Å². The van der Waals surface area contributed by atoms with Gasteiger partial charge in [0.15, 0.2) is 0 Å². The van der Waals surface area contributed by atoms with Crippen LogP contribution in [0.3, 0.4) is 0 Å². The van der Waals surface area contributed by atoms with Gasteiger partial charge in [-0.2, -0.15) is 0 Å². The smallest absolute Gasteiger partial charge is 0.240 e. The Morgan fingerprint density at radius 2 is 2.00 bits per heavy atom. The summed E-state index contributed by atoms with van der Waals surface area (Å²) >= 11 is 1.78. The Bertz CT molecular complexity index is 512. The summed E-state index contributed by atoms with van der Waals surface area (Å²) in [6.07, 6.45) is 6.28. The van der Waals surface area contributed by atoms with E-state index in [1.54, 1.807) is 11.3 Å². The molecule has 1 saturated carbocycles. The fourth-order valence-corrected chi connectivity index (χ4v) is 4.69. The molecule has 3 rings (SSSR count). The molecule has 1 aliphatic carbocycles. The van der Waals surface area contributed by atoms with Gasteiger partial charge in [-0.25, -0.2) is 0 Å². The fraction of sp³-hybridized carbons (Fsp3) is 0.722. The van der Waals surface area contributed by atoms with Gasteiger partial charge in [-0.3, -0.25) is 9.69 Å². The predicted octanol–water partition coefficient (Wildman–Crippen LogP) is 3.75. The Kier molecular flexibility index (Phi) is 9.19. The number of hydrogen-bond acceptors (Lipinski definition) is 4. The van der Waals surface area contributed by atoms with Gasteiger partial charge in [-0.05, 0) is 56.1 Å². The lowest BCUT2D eigenvalue weighted by atomic mass is 9.96. The lowest BCUT2D eigenvalue weighted by molar-refractivity contribution is -0.126. The zero-order chi connectivity index (χ0) is 16.3. The van der Waals surface area contributed by atoms with Gasteiger partial charge < -0.3 is 11.1 Å². The molecule has 1 atom stereocenters. The normalized spacial score (nSPS) is 21.8. The first-order valence-corrected chi connectivity index (χ1v) is 9.81. The molecular weight excluding hydrogens is 377 g/mol. The maximum atomic E-state index is 12.5. The van der Waals surface area contributed by atoms with Gasteiger partial charge in [0, 0.05) is 11.4 Å². The minimum Gasteiger partial charge on any atom is -0.353 e. The van der Waals surface area contributed by atoms with E-state index in [9.17, 15) is 4.79 Å². The lowest BCUT2D eigenvalue weighted by Gasteiger charge is -2.37. The number of thiophene rings is 1. The third-order valence-corrected chi connectivity index (χ3v) is 6.51.